The van der Waals surface area contributed by atoms with Gasteiger partial charge in [0.05, 0.1) is 0 Å². The monoisotopic (exact) mass is 338 g/mol. The van der Waals surface area contributed by atoms with Crippen molar-refractivity contribution in [3.05, 3.63) is 59.4 Å². The van der Waals surface area contributed by atoms with Crippen molar-refractivity contribution >= 4 is 43.9 Å². The Labute approximate surface area is 123 Å². The molecule has 0 spiro atoms. The number of amidine groups is 1. The van der Waals surface area contributed by atoms with E-state index in [1.165, 1.54) is 6.20 Å². The van der Waals surface area contributed by atoms with E-state index < -0.39 is 0 Å². The van der Waals surface area contributed by atoms with Gasteiger partial charge in [-0.1, -0.05) is 0 Å². The number of benzene rings is 1. The van der Waals surface area contributed by atoms with E-state index in [1.807, 2.05) is 30.3 Å². The first-order valence-electron chi connectivity index (χ1n) is 5.39. The van der Waals surface area contributed by atoms with Crippen LogP contribution in [0.5, 0.6) is 0 Å². The molecule has 0 aliphatic rings. The zero-order chi connectivity index (χ0) is 13.7. The van der Waals surface area contributed by atoms with Crippen LogP contribution in [0.2, 0.25) is 5.15 Å². The number of pyridine rings is 1. The molecule has 0 saturated heterocycles. The number of amides is 1. The van der Waals surface area contributed by atoms with Gasteiger partial charge in [0, 0.05) is 0 Å². The molecule has 0 saturated carbocycles. The molecule has 6 heteroatoms. The minimum atomic E-state index is -0.355. The van der Waals surface area contributed by atoms with Crippen LogP contribution in [-0.4, -0.2) is 31.6 Å². The zero-order valence-electron chi connectivity index (χ0n) is 9.71. The van der Waals surface area contributed by atoms with E-state index in [4.69, 9.17) is 11.6 Å². The van der Waals surface area contributed by atoms with Crippen molar-refractivity contribution < 1.29 is 4.79 Å². The SMILES string of the molecule is O=C(NC([Se])=Nc1ccccc1)c1cccnc1Cl. The maximum absolute atomic E-state index is 11.9. The summed E-state index contributed by atoms with van der Waals surface area (Å²) in [6.45, 7) is 0. The number of carbonyl (C=O) groups is 1. The number of hydrogen-bond acceptors (Lipinski definition) is 3. The van der Waals surface area contributed by atoms with Crippen LogP contribution in [0.4, 0.5) is 5.69 Å². The van der Waals surface area contributed by atoms with E-state index in [-0.39, 0.29) is 11.1 Å². The van der Waals surface area contributed by atoms with Gasteiger partial charge >= 0.3 is 123 Å². The van der Waals surface area contributed by atoms with Crippen LogP contribution < -0.4 is 5.32 Å². The van der Waals surface area contributed by atoms with Gasteiger partial charge in [-0.15, -0.1) is 0 Å². The summed E-state index contributed by atoms with van der Waals surface area (Å²) in [6, 6.07) is 12.5. The van der Waals surface area contributed by atoms with Gasteiger partial charge in [-0.3, -0.25) is 0 Å². The number of carbonyl (C=O) groups excluding carboxylic acids is 1. The van der Waals surface area contributed by atoms with Crippen LogP contribution in [0.25, 0.3) is 0 Å². The summed E-state index contributed by atoms with van der Waals surface area (Å²) in [7, 11) is 0. The van der Waals surface area contributed by atoms with Crippen molar-refractivity contribution in [2.75, 3.05) is 0 Å². The Balaban J connectivity index is 2.12. The Kier molecular flexibility index (Phi) is 4.68. The standard InChI is InChI=1S/C13H9ClN3OSe/c14-11-10(7-4-8-15-11)12(18)17-13(19)16-9-5-2-1-3-6-9/h1-8H,(H,16,17,18). The van der Waals surface area contributed by atoms with E-state index in [0.29, 0.717) is 10.3 Å². The molecule has 95 valence electrons. The van der Waals surface area contributed by atoms with E-state index in [9.17, 15) is 4.79 Å². The average molecular weight is 338 g/mol. The quantitative estimate of drug-likeness (QED) is 0.396. The van der Waals surface area contributed by atoms with Crippen molar-refractivity contribution in [2.24, 2.45) is 4.99 Å². The summed E-state index contributed by atoms with van der Waals surface area (Å²) in [5.41, 5.74) is 1.05. The van der Waals surface area contributed by atoms with Crippen LogP contribution in [0.15, 0.2) is 53.7 Å². The third-order valence-corrected chi connectivity index (χ3v) is 2.92. The van der Waals surface area contributed by atoms with Crippen molar-refractivity contribution in [3.63, 3.8) is 0 Å². The van der Waals surface area contributed by atoms with Crippen LogP contribution in [0.3, 0.4) is 0 Å². The van der Waals surface area contributed by atoms with Gasteiger partial charge in [0.15, 0.2) is 0 Å². The first-order valence-corrected chi connectivity index (χ1v) is 6.63. The number of nitrogens with zero attached hydrogens (tertiary/aromatic N) is 2. The molecule has 1 amide bonds. The summed E-state index contributed by atoms with van der Waals surface area (Å²) in [6.07, 6.45) is 1.52. The van der Waals surface area contributed by atoms with Crippen molar-refractivity contribution in [1.82, 2.24) is 10.3 Å². The van der Waals surface area contributed by atoms with E-state index in [0.717, 1.165) is 5.69 Å². The molecule has 0 bridgehead atoms. The summed E-state index contributed by atoms with van der Waals surface area (Å²) < 4.78 is 0.371. The zero-order valence-corrected chi connectivity index (χ0v) is 12.2. The molecule has 0 aliphatic carbocycles. The second-order valence-electron chi connectivity index (χ2n) is 3.55. The molecule has 0 atom stereocenters. The number of halogens is 1. The topological polar surface area (TPSA) is 54.4 Å². The van der Waals surface area contributed by atoms with E-state index in [2.05, 4.69) is 31.3 Å². The molecule has 4 nitrogen and oxygen atoms in total. The van der Waals surface area contributed by atoms with Gasteiger partial charge < -0.3 is 0 Å². The van der Waals surface area contributed by atoms with Crippen LogP contribution >= 0.6 is 11.6 Å². The average Bonchev–Trinajstić information content (AvgIpc) is 2.40. The second-order valence-corrected chi connectivity index (χ2v) is 4.72. The molecule has 0 unspecified atom stereocenters. The Bertz CT molecular complexity index is 616. The fourth-order valence-corrected chi connectivity index (χ4v) is 1.99. The molecule has 1 N–H and O–H groups in total. The fraction of sp³-hybridized carbons (Fsp3) is 0. The molecule has 19 heavy (non-hydrogen) atoms. The normalized spacial score (nSPS) is 11.1. The number of rotatable bonds is 2. The number of aliphatic imine (C=N–C) groups is 1. The first-order chi connectivity index (χ1) is 9.16. The van der Waals surface area contributed by atoms with Gasteiger partial charge in [0.25, 0.3) is 0 Å². The molecule has 1 heterocycles. The van der Waals surface area contributed by atoms with Gasteiger partial charge in [-0.05, 0) is 0 Å². The molecule has 2 rings (SSSR count). The molecule has 0 aliphatic heterocycles. The molecule has 2 aromatic rings. The number of hydrogen-bond donors (Lipinski definition) is 1. The fourth-order valence-electron chi connectivity index (χ4n) is 1.37. The molecule has 1 aromatic carbocycles. The van der Waals surface area contributed by atoms with Gasteiger partial charge in [-0.2, -0.15) is 0 Å². The second kappa shape index (κ2) is 6.48. The third kappa shape index (κ3) is 3.89. The van der Waals surface area contributed by atoms with Gasteiger partial charge in [0.1, 0.15) is 0 Å². The summed E-state index contributed by atoms with van der Waals surface area (Å²) >= 11 is 8.54. The number of para-hydroxylation sites is 1. The summed E-state index contributed by atoms with van der Waals surface area (Å²) in [5.74, 6) is -0.355. The number of nitrogens with one attached hydrogen (secondary N) is 1. The van der Waals surface area contributed by atoms with Crippen LogP contribution in [0.1, 0.15) is 10.4 Å². The van der Waals surface area contributed by atoms with Gasteiger partial charge in [-0.25, -0.2) is 0 Å². The van der Waals surface area contributed by atoms with Crippen molar-refractivity contribution in [1.29, 1.82) is 0 Å². The summed E-state index contributed by atoms with van der Waals surface area (Å²) in [4.78, 5) is 20.0. The Morgan fingerprint density at radius 2 is 1.95 bits per heavy atom. The first kappa shape index (κ1) is 13.7. The maximum atomic E-state index is 11.9. The molecular formula is C13H9ClN3OSe. The van der Waals surface area contributed by atoms with Crippen LogP contribution in [-0.2, 0) is 0 Å². The third-order valence-electron chi connectivity index (χ3n) is 2.21. The summed E-state index contributed by atoms with van der Waals surface area (Å²) in [5, 5.41) is 2.78. The van der Waals surface area contributed by atoms with Crippen molar-refractivity contribution in [3.8, 4) is 0 Å². The molecule has 0 fully saturated rings. The Hall–Kier alpha value is -1.68. The van der Waals surface area contributed by atoms with E-state index in [1.54, 1.807) is 12.1 Å². The van der Waals surface area contributed by atoms with Crippen molar-refractivity contribution in [2.45, 2.75) is 0 Å². The molecular weight excluding hydrogens is 329 g/mol. The predicted octanol–water partition coefficient (Wildman–Crippen LogP) is 2.32. The van der Waals surface area contributed by atoms with Gasteiger partial charge in [0.2, 0.25) is 0 Å². The predicted molar refractivity (Wildman–Crippen MR) is 76.0 cm³/mol. The molecule has 1 radical (unpaired) electrons. The Morgan fingerprint density at radius 3 is 2.63 bits per heavy atom. The minimum absolute atomic E-state index is 0.160. The van der Waals surface area contributed by atoms with Crippen LogP contribution in [0, 0.1) is 0 Å². The number of aromatic nitrogens is 1. The van der Waals surface area contributed by atoms with E-state index >= 15 is 0 Å². The molecule has 1 aromatic heterocycles. The Morgan fingerprint density at radius 1 is 1.21 bits per heavy atom.